The van der Waals surface area contributed by atoms with Crippen LogP contribution in [0.3, 0.4) is 0 Å². The van der Waals surface area contributed by atoms with Crippen molar-refractivity contribution in [2.24, 2.45) is 5.10 Å². The van der Waals surface area contributed by atoms with Crippen molar-refractivity contribution in [1.82, 2.24) is 5.01 Å². The van der Waals surface area contributed by atoms with E-state index >= 15 is 0 Å². The van der Waals surface area contributed by atoms with Gasteiger partial charge in [-0.25, -0.2) is 5.01 Å². The number of hydrogen-bond acceptors (Lipinski definition) is 2. The van der Waals surface area contributed by atoms with Crippen LogP contribution in [0.4, 0.5) is 0 Å². The Morgan fingerprint density at radius 1 is 1.50 bits per heavy atom. The van der Waals surface area contributed by atoms with Crippen LogP contribution in [0.15, 0.2) is 47.0 Å². The summed E-state index contributed by atoms with van der Waals surface area (Å²) >= 11 is 0. The van der Waals surface area contributed by atoms with Crippen LogP contribution in [0, 0.1) is 0 Å². The lowest BCUT2D eigenvalue weighted by atomic mass is 10.3. The van der Waals surface area contributed by atoms with Gasteiger partial charge in [-0.2, -0.15) is 5.10 Å². The lowest BCUT2D eigenvalue weighted by molar-refractivity contribution is 0.517. The van der Waals surface area contributed by atoms with E-state index in [2.05, 4.69) is 10.8 Å². The second-order valence-electron chi connectivity index (χ2n) is 2.25. The minimum Gasteiger partial charge on any atom is -0.234 e. The minimum atomic E-state index is 1.05. The highest BCUT2D eigenvalue weighted by Crippen LogP contribution is 2.09. The Hall–Kier alpha value is -1.53. The van der Waals surface area contributed by atoms with Gasteiger partial charge in [0.25, 0.3) is 0 Å². The van der Waals surface area contributed by atoms with Gasteiger partial charge in [0, 0.05) is 6.21 Å². The molecule has 0 aromatic heterocycles. The summed E-state index contributed by atoms with van der Waals surface area (Å²) < 4.78 is 0. The summed E-state index contributed by atoms with van der Waals surface area (Å²) in [6.07, 6.45) is 11.3. The van der Waals surface area contributed by atoms with E-state index in [0.717, 1.165) is 5.70 Å². The number of nitrogens with zero attached hydrogens (tertiary/aromatic N) is 2. The molecule has 0 unspecified atom stereocenters. The van der Waals surface area contributed by atoms with E-state index in [1.807, 2.05) is 38.2 Å². The zero-order valence-electron chi connectivity index (χ0n) is 7.36. The van der Waals surface area contributed by atoms with E-state index in [0.29, 0.717) is 0 Å². The predicted molar refractivity (Wildman–Crippen MR) is 51.6 cm³/mol. The lowest BCUT2D eigenvalue weighted by Crippen LogP contribution is -2.06. The molecule has 1 aliphatic heterocycles. The summed E-state index contributed by atoms with van der Waals surface area (Å²) in [6.45, 7) is 3.87. The number of hydrogen-bond donors (Lipinski definition) is 0. The van der Waals surface area contributed by atoms with Crippen LogP contribution in [0.1, 0.15) is 13.8 Å². The van der Waals surface area contributed by atoms with Crippen LogP contribution in [-0.4, -0.2) is 11.2 Å². The maximum atomic E-state index is 4.15. The molecule has 2 nitrogen and oxygen atoms in total. The van der Waals surface area contributed by atoms with Crippen LogP contribution < -0.4 is 0 Å². The monoisotopic (exact) mass is 160 g/mol. The van der Waals surface area contributed by atoms with Crippen molar-refractivity contribution in [2.75, 3.05) is 0 Å². The molecule has 0 aromatic rings. The smallest absolute Gasteiger partial charge is 0.0709 e. The second-order valence-corrected chi connectivity index (χ2v) is 2.25. The largest absolute Gasteiger partial charge is 0.234 e. The van der Waals surface area contributed by atoms with Crippen LogP contribution in [0.25, 0.3) is 0 Å². The van der Waals surface area contributed by atoms with E-state index < -0.39 is 0 Å². The molecule has 2 heteroatoms. The molecule has 0 bridgehead atoms. The third-order valence-corrected chi connectivity index (χ3v) is 1.46. The van der Waals surface area contributed by atoms with Crippen LogP contribution in [0.2, 0.25) is 0 Å². The topological polar surface area (TPSA) is 15.6 Å². The molecule has 0 amide bonds. The first-order chi connectivity index (χ1) is 5.88. The summed E-state index contributed by atoms with van der Waals surface area (Å²) in [7, 11) is 0. The first kappa shape index (κ1) is 8.57. The van der Waals surface area contributed by atoms with Crippen molar-refractivity contribution >= 4 is 6.21 Å². The molecular weight excluding hydrogens is 148 g/mol. The van der Waals surface area contributed by atoms with Gasteiger partial charge in [-0.1, -0.05) is 12.2 Å². The Morgan fingerprint density at radius 3 is 3.00 bits per heavy atom. The molecule has 1 heterocycles. The van der Waals surface area contributed by atoms with E-state index in [9.17, 15) is 0 Å². The maximum absolute atomic E-state index is 4.15. The molecule has 0 saturated heterocycles. The molecule has 0 aliphatic carbocycles. The van der Waals surface area contributed by atoms with Gasteiger partial charge in [-0.15, -0.1) is 5.73 Å². The molecule has 0 spiro atoms. The van der Waals surface area contributed by atoms with Crippen LogP contribution >= 0.6 is 0 Å². The first-order valence-electron chi connectivity index (χ1n) is 3.92. The van der Waals surface area contributed by atoms with Crippen molar-refractivity contribution in [2.45, 2.75) is 13.8 Å². The molecule has 12 heavy (non-hydrogen) atoms. The third kappa shape index (κ3) is 1.97. The number of rotatable bonds is 1. The van der Waals surface area contributed by atoms with Gasteiger partial charge in [0.05, 0.1) is 11.9 Å². The van der Waals surface area contributed by atoms with Crippen molar-refractivity contribution < 1.29 is 0 Å². The van der Waals surface area contributed by atoms with Gasteiger partial charge in [-0.05, 0) is 26.0 Å². The second kappa shape index (κ2) is 4.37. The fraction of sp³-hybridized carbons (Fsp3) is 0.200. The Balaban J connectivity index is 2.95. The van der Waals surface area contributed by atoms with Gasteiger partial charge in [0.2, 0.25) is 0 Å². The summed E-state index contributed by atoms with van der Waals surface area (Å²) in [4.78, 5) is 0. The summed E-state index contributed by atoms with van der Waals surface area (Å²) in [5.74, 6) is 0. The van der Waals surface area contributed by atoms with Gasteiger partial charge in [-0.3, -0.25) is 0 Å². The van der Waals surface area contributed by atoms with Crippen LogP contribution in [-0.2, 0) is 0 Å². The Morgan fingerprint density at radius 2 is 2.33 bits per heavy atom. The normalized spacial score (nSPS) is 19.5. The highest BCUT2D eigenvalue weighted by atomic mass is 15.4. The van der Waals surface area contributed by atoms with Crippen molar-refractivity contribution in [3.8, 4) is 0 Å². The van der Waals surface area contributed by atoms with E-state index in [4.69, 9.17) is 0 Å². The quantitative estimate of drug-likeness (QED) is 0.425. The Labute approximate surface area is 72.9 Å². The van der Waals surface area contributed by atoms with Gasteiger partial charge in [0.15, 0.2) is 0 Å². The predicted octanol–water partition coefficient (Wildman–Crippen LogP) is 2.44. The van der Waals surface area contributed by atoms with Gasteiger partial charge in [0.1, 0.15) is 0 Å². The standard InChI is InChI=1S/C10H12N2/c1-3-10-8-6-5-7-9-12(10)11-4-2/h3-6,8-9H,1-2H3. The highest BCUT2D eigenvalue weighted by Gasteiger charge is 1.99. The Bertz CT molecular complexity index is 289. The minimum absolute atomic E-state index is 1.05. The highest BCUT2D eigenvalue weighted by molar-refractivity contribution is 5.53. The van der Waals surface area contributed by atoms with Crippen molar-refractivity contribution in [3.63, 3.8) is 0 Å². The van der Waals surface area contributed by atoms with Gasteiger partial charge < -0.3 is 0 Å². The van der Waals surface area contributed by atoms with Gasteiger partial charge >= 0.3 is 0 Å². The van der Waals surface area contributed by atoms with Crippen molar-refractivity contribution in [3.05, 3.63) is 41.9 Å². The average Bonchev–Trinajstić information content (AvgIpc) is 2.30. The molecule has 0 N–H and O–H groups in total. The summed E-state index contributed by atoms with van der Waals surface area (Å²) in [6, 6.07) is 0. The van der Waals surface area contributed by atoms with E-state index in [1.54, 1.807) is 17.4 Å². The molecule has 1 aliphatic rings. The van der Waals surface area contributed by atoms with E-state index in [-0.39, 0.29) is 0 Å². The number of allylic oxidation sites excluding steroid dienone is 4. The first-order valence-corrected chi connectivity index (χ1v) is 3.92. The molecule has 0 fully saturated rings. The molecule has 0 saturated carbocycles. The zero-order valence-corrected chi connectivity index (χ0v) is 7.36. The number of hydrazone groups is 1. The fourth-order valence-corrected chi connectivity index (χ4v) is 0.920. The lowest BCUT2D eigenvalue weighted by Gasteiger charge is -2.12. The molecule has 0 aromatic carbocycles. The third-order valence-electron chi connectivity index (χ3n) is 1.46. The molecule has 1 rings (SSSR count). The summed E-state index contributed by atoms with van der Waals surface area (Å²) in [5, 5.41) is 5.92. The molecule has 0 radical (unpaired) electrons. The van der Waals surface area contributed by atoms with Crippen molar-refractivity contribution in [1.29, 1.82) is 0 Å². The Kier molecular flexibility index (Phi) is 3.12. The fourth-order valence-electron chi connectivity index (χ4n) is 0.920. The zero-order chi connectivity index (χ0) is 8.81. The average molecular weight is 160 g/mol. The summed E-state index contributed by atoms with van der Waals surface area (Å²) in [5.41, 5.74) is 4.03. The maximum Gasteiger partial charge on any atom is 0.0709 e. The van der Waals surface area contributed by atoms with Crippen LogP contribution in [0.5, 0.6) is 0 Å². The SMILES string of the molecule is CC=NN1C=C=CC=CC1=CC. The molecule has 0 atom stereocenters. The van der Waals surface area contributed by atoms with E-state index in [1.165, 1.54) is 0 Å². The molecule has 62 valence electrons. The molecular formula is C10H12N2.